The van der Waals surface area contributed by atoms with Crippen LogP contribution in [0.15, 0.2) is 6.07 Å². The van der Waals surface area contributed by atoms with Gasteiger partial charge >= 0.3 is 0 Å². The van der Waals surface area contributed by atoms with Crippen LogP contribution in [0, 0.1) is 11.6 Å². The number of ketones is 1. The van der Waals surface area contributed by atoms with E-state index in [0.717, 1.165) is 6.07 Å². The Bertz CT molecular complexity index is 418. The first-order valence-corrected chi connectivity index (χ1v) is 4.32. The summed E-state index contributed by atoms with van der Waals surface area (Å²) < 4.78 is 31.2. The highest BCUT2D eigenvalue weighted by atomic mass is 35.5. The Morgan fingerprint density at radius 3 is 2.86 bits per heavy atom. The number of Topliss-reactive ketones (excluding diaryl/α,β-unsaturated/α-hetero) is 1. The van der Waals surface area contributed by atoms with E-state index in [4.69, 9.17) is 16.3 Å². The number of rotatable bonds is 0. The van der Waals surface area contributed by atoms with Gasteiger partial charge in [0.2, 0.25) is 0 Å². The monoisotopic (exact) mass is 218 g/mol. The quantitative estimate of drug-likeness (QED) is 0.626. The van der Waals surface area contributed by atoms with Gasteiger partial charge in [-0.2, -0.15) is 0 Å². The molecule has 0 atom stereocenters. The van der Waals surface area contributed by atoms with Crippen LogP contribution in [0.3, 0.4) is 0 Å². The summed E-state index contributed by atoms with van der Waals surface area (Å²) in [5, 5.41) is -0.664. The molecule has 0 aromatic heterocycles. The average molecular weight is 219 g/mol. The molecule has 0 radical (unpaired) electrons. The molecule has 0 aliphatic carbocycles. The molecule has 2 rings (SSSR count). The number of hydrogen-bond donors (Lipinski definition) is 0. The second-order valence-corrected chi connectivity index (χ2v) is 3.26. The number of ether oxygens (including phenoxy) is 1. The highest BCUT2D eigenvalue weighted by Crippen LogP contribution is 2.33. The zero-order chi connectivity index (χ0) is 10.3. The molecular formula is C9H5ClF2O2. The smallest absolute Gasteiger partial charge is 0.173 e. The molecule has 1 aromatic carbocycles. The molecule has 0 saturated heterocycles. The maximum absolute atomic E-state index is 13.3. The highest BCUT2D eigenvalue weighted by molar-refractivity contribution is 6.31. The predicted octanol–water partition coefficient (Wildman–Crippen LogP) is 2.58. The fraction of sp³-hybridized carbons (Fsp3) is 0.222. The van der Waals surface area contributed by atoms with E-state index in [1.165, 1.54) is 0 Å². The van der Waals surface area contributed by atoms with Crippen LogP contribution >= 0.6 is 11.6 Å². The molecule has 1 heterocycles. The number of carbonyl (C=O) groups excluding carboxylic acids is 1. The molecule has 14 heavy (non-hydrogen) atoms. The topological polar surface area (TPSA) is 26.3 Å². The lowest BCUT2D eigenvalue weighted by atomic mass is 10.0. The van der Waals surface area contributed by atoms with E-state index < -0.39 is 22.4 Å². The van der Waals surface area contributed by atoms with Gasteiger partial charge in [0, 0.05) is 12.5 Å². The number of hydrogen-bond acceptors (Lipinski definition) is 2. The molecular weight excluding hydrogens is 214 g/mol. The second-order valence-electron chi connectivity index (χ2n) is 2.88. The second kappa shape index (κ2) is 3.20. The summed E-state index contributed by atoms with van der Waals surface area (Å²) in [6.45, 7) is 0.145. The van der Waals surface area contributed by atoms with Crippen molar-refractivity contribution in [3.05, 3.63) is 28.3 Å². The molecule has 74 valence electrons. The average Bonchev–Trinajstić information content (AvgIpc) is 2.14. The van der Waals surface area contributed by atoms with Crippen LogP contribution < -0.4 is 4.74 Å². The van der Waals surface area contributed by atoms with Gasteiger partial charge in [0.05, 0.1) is 12.2 Å². The molecule has 1 aliphatic rings. The van der Waals surface area contributed by atoms with E-state index in [2.05, 4.69) is 0 Å². The lowest BCUT2D eigenvalue weighted by Crippen LogP contribution is -2.17. The Labute approximate surface area is 83.4 Å². The third-order valence-electron chi connectivity index (χ3n) is 1.99. The summed E-state index contributed by atoms with van der Waals surface area (Å²) >= 11 is 5.32. The first-order valence-electron chi connectivity index (χ1n) is 3.94. The van der Waals surface area contributed by atoms with Crippen molar-refractivity contribution in [3.8, 4) is 5.75 Å². The Kier molecular flexibility index (Phi) is 2.15. The van der Waals surface area contributed by atoms with Crippen molar-refractivity contribution in [2.75, 3.05) is 6.61 Å². The Morgan fingerprint density at radius 2 is 2.14 bits per heavy atom. The third-order valence-corrected chi connectivity index (χ3v) is 2.34. The van der Waals surface area contributed by atoms with Crippen LogP contribution in [-0.2, 0) is 0 Å². The van der Waals surface area contributed by atoms with Gasteiger partial charge in [-0.05, 0) is 0 Å². The Balaban J connectivity index is 2.70. The standard InChI is InChI=1S/C9H5ClF2O2/c10-8-4(11)3-6-7(9(8)12)5(13)1-2-14-6/h3H,1-2H2. The highest BCUT2D eigenvalue weighted by Gasteiger charge is 2.26. The molecule has 1 aromatic rings. The van der Waals surface area contributed by atoms with E-state index in [0.29, 0.717) is 0 Å². The summed E-state index contributed by atoms with van der Waals surface area (Å²) in [5.74, 6) is -2.43. The van der Waals surface area contributed by atoms with E-state index >= 15 is 0 Å². The summed E-state index contributed by atoms with van der Waals surface area (Å²) in [7, 11) is 0. The van der Waals surface area contributed by atoms with Crippen molar-refractivity contribution >= 4 is 17.4 Å². The van der Waals surface area contributed by atoms with Crippen LogP contribution in [0.25, 0.3) is 0 Å². The van der Waals surface area contributed by atoms with Crippen molar-refractivity contribution in [1.29, 1.82) is 0 Å². The van der Waals surface area contributed by atoms with Gasteiger partial charge in [0.25, 0.3) is 0 Å². The summed E-state index contributed by atoms with van der Waals surface area (Å²) in [4.78, 5) is 11.3. The number of halogens is 3. The van der Waals surface area contributed by atoms with Crippen LogP contribution in [0.2, 0.25) is 5.02 Å². The summed E-state index contributed by atoms with van der Waals surface area (Å²) in [5.41, 5.74) is -0.248. The van der Waals surface area contributed by atoms with Gasteiger partial charge < -0.3 is 4.74 Å². The van der Waals surface area contributed by atoms with Crippen LogP contribution in [-0.4, -0.2) is 12.4 Å². The first-order chi connectivity index (χ1) is 6.61. The van der Waals surface area contributed by atoms with Crippen LogP contribution in [0.1, 0.15) is 16.8 Å². The molecule has 0 spiro atoms. The van der Waals surface area contributed by atoms with Crippen LogP contribution in [0.5, 0.6) is 5.75 Å². The molecule has 1 aliphatic heterocycles. The minimum Gasteiger partial charge on any atom is -0.492 e. The number of carbonyl (C=O) groups is 1. The first kappa shape index (κ1) is 9.40. The van der Waals surface area contributed by atoms with Crippen molar-refractivity contribution < 1.29 is 18.3 Å². The molecule has 0 unspecified atom stereocenters. The van der Waals surface area contributed by atoms with Crippen molar-refractivity contribution in [2.45, 2.75) is 6.42 Å². The maximum Gasteiger partial charge on any atom is 0.173 e. The molecule has 0 N–H and O–H groups in total. The lowest BCUT2D eigenvalue weighted by molar-refractivity contribution is 0.0927. The summed E-state index contributed by atoms with van der Waals surface area (Å²) in [6.07, 6.45) is 0.0892. The number of benzene rings is 1. The molecule has 0 bridgehead atoms. The zero-order valence-electron chi connectivity index (χ0n) is 6.94. The Hall–Kier alpha value is -1.16. The molecule has 0 amide bonds. The van der Waals surface area contributed by atoms with Crippen molar-refractivity contribution in [2.24, 2.45) is 0 Å². The minimum atomic E-state index is -1.04. The lowest BCUT2D eigenvalue weighted by Gasteiger charge is -2.17. The maximum atomic E-state index is 13.3. The normalized spacial score (nSPS) is 14.9. The van der Waals surface area contributed by atoms with Crippen LogP contribution in [0.4, 0.5) is 8.78 Å². The molecule has 2 nitrogen and oxygen atoms in total. The minimum absolute atomic E-state index is 0.0688. The van der Waals surface area contributed by atoms with Crippen molar-refractivity contribution in [3.63, 3.8) is 0 Å². The van der Waals surface area contributed by atoms with Gasteiger partial charge in [-0.15, -0.1) is 0 Å². The van der Waals surface area contributed by atoms with Gasteiger partial charge in [-0.3, -0.25) is 4.79 Å². The fourth-order valence-electron chi connectivity index (χ4n) is 1.33. The predicted molar refractivity (Wildman–Crippen MR) is 45.8 cm³/mol. The molecule has 0 saturated carbocycles. The van der Waals surface area contributed by atoms with Gasteiger partial charge in [0.1, 0.15) is 16.6 Å². The number of fused-ring (bicyclic) bond motifs is 1. The molecule has 5 heteroatoms. The van der Waals surface area contributed by atoms with E-state index in [9.17, 15) is 13.6 Å². The third kappa shape index (κ3) is 1.26. The summed E-state index contributed by atoms with van der Waals surface area (Å²) in [6, 6.07) is 0.928. The van der Waals surface area contributed by atoms with Crippen molar-refractivity contribution in [1.82, 2.24) is 0 Å². The SMILES string of the molecule is O=C1CCOc2cc(F)c(Cl)c(F)c21. The fourth-order valence-corrected chi connectivity index (χ4v) is 1.47. The Morgan fingerprint density at radius 1 is 1.43 bits per heavy atom. The van der Waals surface area contributed by atoms with E-state index in [1.807, 2.05) is 0 Å². The zero-order valence-corrected chi connectivity index (χ0v) is 7.70. The largest absolute Gasteiger partial charge is 0.492 e. The van der Waals surface area contributed by atoms with Gasteiger partial charge in [-0.1, -0.05) is 11.6 Å². The van der Waals surface area contributed by atoms with E-state index in [-0.39, 0.29) is 24.3 Å². The van der Waals surface area contributed by atoms with Gasteiger partial charge in [0.15, 0.2) is 11.6 Å². The van der Waals surface area contributed by atoms with E-state index in [1.54, 1.807) is 0 Å². The van der Waals surface area contributed by atoms with Gasteiger partial charge in [-0.25, -0.2) is 8.78 Å². The molecule has 0 fully saturated rings.